The first-order chi connectivity index (χ1) is 10.5. The SMILES string of the molecule is NN/C(Sc1ccc(-c2cccnc2F)cc1)=C(\N)C(=O)O. The van der Waals surface area contributed by atoms with Crippen LogP contribution in [-0.2, 0) is 4.79 Å². The number of aromatic nitrogens is 1. The van der Waals surface area contributed by atoms with Crippen molar-refractivity contribution in [3.63, 3.8) is 0 Å². The van der Waals surface area contributed by atoms with Crippen molar-refractivity contribution < 1.29 is 14.3 Å². The van der Waals surface area contributed by atoms with Gasteiger partial charge >= 0.3 is 5.97 Å². The van der Waals surface area contributed by atoms with E-state index < -0.39 is 11.9 Å². The van der Waals surface area contributed by atoms with Gasteiger partial charge in [-0.1, -0.05) is 23.9 Å². The van der Waals surface area contributed by atoms with Crippen molar-refractivity contribution in [3.8, 4) is 11.1 Å². The maximum absolute atomic E-state index is 13.6. The Morgan fingerprint density at radius 1 is 1.27 bits per heavy atom. The Balaban J connectivity index is 2.25. The lowest BCUT2D eigenvalue weighted by molar-refractivity contribution is -0.132. The van der Waals surface area contributed by atoms with E-state index in [9.17, 15) is 9.18 Å². The van der Waals surface area contributed by atoms with Gasteiger partial charge in [0, 0.05) is 16.7 Å². The number of pyridine rings is 1. The molecule has 6 N–H and O–H groups in total. The molecule has 0 unspecified atom stereocenters. The summed E-state index contributed by atoms with van der Waals surface area (Å²) >= 11 is 1.06. The van der Waals surface area contributed by atoms with Crippen LogP contribution in [0.25, 0.3) is 11.1 Å². The second-order valence-electron chi connectivity index (χ2n) is 4.16. The summed E-state index contributed by atoms with van der Waals surface area (Å²) in [5, 5.41) is 8.96. The monoisotopic (exact) mass is 320 g/mol. The van der Waals surface area contributed by atoms with Gasteiger partial charge in [0.15, 0.2) is 0 Å². The third kappa shape index (κ3) is 3.54. The molecule has 0 bridgehead atoms. The fraction of sp³-hybridized carbons (Fsp3) is 0. The first kappa shape index (κ1) is 15.8. The largest absolute Gasteiger partial charge is 0.477 e. The molecular weight excluding hydrogens is 307 g/mol. The van der Waals surface area contributed by atoms with E-state index in [2.05, 4.69) is 10.4 Å². The van der Waals surface area contributed by atoms with Crippen molar-refractivity contribution in [1.29, 1.82) is 0 Å². The standard InChI is InChI=1S/C14H13FN4O2S/c15-12-10(2-1-7-18-12)8-3-5-9(6-4-8)22-13(19-17)11(16)14(20)21/h1-7,19H,16-17H2,(H,20,21)/b13-11+. The van der Waals surface area contributed by atoms with Crippen molar-refractivity contribution in [2.24, 2.45) is 11.6 Å². The molecule has 0 saturated heterocycles. The van der Waals surface area contributed by atoms with Crippen LogP contribution in [0.3, 0.4) is 0 Å². The van der Waals surface area contributed by atoms with E-state index in [1.807, 2.05) is 0 Å². The Hall–Kier alpha value is -2.58. The van der Waals surface area contributed by atoms with Crippen molar-refractivity contribution in [1.82, 2.24) is 10.4 Å². The summed E-state index contributed by atoms with van der Waals surface area (Å²) in [4.78, 5) is 15.1. The Morgan fingerprint density at radius 2 is 1.95 bits per heavy atom. The molecule has 6 nitrogen and oxygen atoms in total. The highest BCUT2D eigenvalue weighted by molar-refractivity contribution is 8.03. The van der Waals surface area contributed by atoms with Gasteiger partial charge in [0.2, 0.25) is 5.95 Å². The first-order valence-electron chi connectivity index (χ1n) is 6.11. The van der Waals surface area contributed by atoms with E-state index >= 15 is 0 Å². The predicted octanol–water partition coefficient (Wildman–Crippen LogP) is 1.66. The zero-order valence-electron chi connectivity index (χ0n) is 11.3. The molecule has 114 valence electrons. The van der Waals surface area contributed by atoms with Gasteiger partial charge in [-0.25, -0.2) is 15.6 Å². The zero-order chi connectivity index (χ0) is 16.1. The Morgan fingerprint density at radius 3 is 2.50 bits per heavy atom. The molecule has 0 saturated carbocycles. The molecule has 1 aromatic carbocycles. The molecule has 1 aromatic heterocycles. The minimum Gasteiger partial charge on any atom is -0.477 e. The molecule has 0 spiro atoms. The summed E-state index contributed by atoms with van der Waals surface area (Å²) < 4.78 is 13.6. The molecule has 0 amide bonds. The van der Waals surface area contributed by atoms with Crippen LogP contribution in [0.4, 0.5) is 4.39 Å². The molecule has 0 fully saturated rings. The zero-order valence-corrected chi connectivity index (χ0v) is 12.1. The van der Waals surface area contributed by atoms with Crippen molar-refractivity contribution in [2.75, 3.05) is 0 Å². The minimum absolute atomic E-state index is 0.118. The molecule has 0 aliphatic heterocycles. The van der Waals surface area contributed by atoms with Gasteiger partial charge < -0.3 is 16.3 Å². The van der Waals surface area contributed by atoms with E-state index in [0.717, 1.165) is 11.8 Å². The van der Waals surface area contributed by atoms with Crippen LogP contribution in [0, 0.1) is 5.95 Å². The Kier molecular flexibility index (Phi) is 4.97. The average Bonchev–Trinajstić information content (AvgIpc) is 2.53. The highest BCUT2D eigenvalue weighted by atomic mass is 32.2. The van der Waals surface area contributed by atoms with E-state index in [-0.39, 0.29) is 10.7 Å². The van der Waals surface area contributed by atoms with Gasteiger partial charge in [0.1, 0.15) is 10.7 Å². The Bertz CT molecular complexity index is 719. The third-order valence-corrected chi connectivity index (χ3v) is 3.80. The highest BCUT2D eigenvalue weighted by Crippen LogP contribution is 2.28. The molecule has 0 atom stereocenters. The topological polar surface area (TPSA) is 114 Å². The maximum atomic E-state index is 13.6. The third-order valence-electron chi connectivity index (χ3n) is 2.75. The number of thioether (sulfide) groups is 1. The quantitative estimate of drug-likeness (QED) is 0.218. The van der Waals surface area contributed by atoms with Crippen LogP contribution >= 0.6 is 11.8 Å². The number of nitrogens with one attached hydrogen (secondary N) is 1. The van der Waals surface area contributed by atoms with E-state index in [1.54, 1.807) is 36.4 Å². The van der Waals surface area contributed by atoms with Gasteiger partial charge in [-0.2, -0.15) is 4.39 Å². The molecular formula is C14H13FN4O2S. The predicted molar refractivity (Wildman–Crippen MR) is 81.7 cm³/mol. The molecule has 2 rings (SSSR count). The molecule has 0 aliphatic carbocycles. The highest BCUT2D eigenvalue weighted by Gasteiger charge is 2.12. The lowest BCUT2D eigenvalue weighted by Gasteiger charge is -2.09. The lowest BCUT2D eigenvalue weighted by atomic mass is 10.1. The van der Waals surface area contributed by atoms with Crippen LogP contribution in [0.5, 0.6) is 0 Å². The smallest absolute Gasteiger partial charge is 0.354 e. The summed E-state index contributed by atoms with van der Waals surface area (Å²) in [5.74, 6) is 3.45. The summed E-state index contributed by atoms with van der Waals surface area (Å²) in [6.45, 7) is 0. The van der Waals surface area contributed by atoms with Crippen LogP contribution in [0.15, 0.2) is 58.2 Å². The maximum Gasteiger partial charge on any atom is 0.354 e. The number of nitrogens with two attached hydrogens (primary N) is 2. The number of hydrogen-bond donors (Lipinski definition) is 4. The van der Waals surface area contributed by atoms with E-state index in [4.69, 9.17) is 16.7 Å². The molecule has 22 heavy (non-hydrogen) atoms. The molecule has 0 radical (unpaired) electrons. The molecule has 2 aromatic rings. The fourth-order valence-electron chi connectivity index (χ4n) is 1.68. The van der Waals surface area contributed by atoms with Gasteiger partial charge in [-0.3, -0.25) is 0 Å². The minimum atomic E-state index is -1.27. The van der Waals surface area contributed by atoms with Crippen molar-refractivity contribution in [2.45, 2.75) is 4.90 Å². The van der Waals surface area contributed by atoms with Crippen molar-refractivity contribution in [3.05, 3.63) is 59.3 Å². The number of halogens is 1. The summed E-state index contributed by atoms with van der Waals surface area (Å²) in [6, 6.07) is 10.1. The summed E-state index contributed by atoms with van der Waals surface area (Å²) in [7, 11) is 0. The molecule has 1 heterocycles. The van der Waals surface area contributed by atoms with Gasteiger partial charge in [0.05, 0.1) is 0 Å². The number of hydrogen-bond acceptors (Lipinski definition) is 6. The number of carboxylic acids is 1. The summed E-state index contributed by atoms with van der Waals surface area (Å²) in [5.41, 5.74) is 8.34. The van der Waals surface area contributed by atoms with Crippen LogP contribution in [-0.4, -0.2) is 16.1 Å². The molecule has 0 aliphatic rings. The van der Waals surface area contributed by atoms with Gasteiger partial charge in [-0.05, 0) is 29.8 Å². The van der Waals surface area contributed by atoms with E-state index in [1.165, 1.54) is 6.20 Å². The number of aliphatic carboxylic acids is 1. The number of hydrazine groups is 1. The number of nitrogens with zero attached hydrogens (tertiary/aromatic N) is 1. The lowest BCUT2D eigenvalue weighted by Crippen LogP contribution is -2.26. The van der Waals surface area contributed by atoms with Gasteiger partial charge in [-0.15, -0.1) is 0 Å². The summed E-state index contributed by atoms with van der Waals surface area (Å²) in [6.07, 6.45) is 1.38. The van der Waals surface area contributed by atoms with Crippen LogP contribution in [0.2, 0.25) is 0 Å². The number of carbonyl (C=O) groups is 1. The average molecular weight is 320 g/mol. The second kappa shape index (κ2) is 6.92. The number of carboxylic acid groups (broad SMARTS) is 1. The van der Waals surface area contributed by atoms with Crippen molar-refractivity contribution >= 4 is 17.7 Å². The van der Waals surface area contributed by atoms with Crippen LogP contribution < -0.4 is 17.0 Å². The van der Waals surface area contributed by atoms with Gasteiger partial charge in [0.25, 0.3) is 0 Å². The number of benzene rings is 1. The Labute approximate surface area is 130 Å². The second-order valence-corrected chi connectivity index (χ2v) is 5.24. The number of rotatable bonds is 5. The normalized spacial score (nSPS) is 11.7. The van der Waals surface area contributed by atoms with Crippen LogP contribution in [0.1, 0.15) is 0 Å². The fourth-order valence-corrected chi connectivity index (χ4v) is 2.45. The van der Waals surface area contributed by atoms with E-state index in [0.29, 0.717) is 16.0 Å². The molecule has 8 heteroatoms. The first-order valence-corrected chi connectivity index (χ1v) is 6.93.